The topological polar surface area (TPSA) is 65.2 Å². The van der Waals surface area contributed by atoms with Gasteiger partial charge in [-0.15, -0.1) is 0 Å². The van der Waals surface area contributed by atoms with Crippen LogP contribution in [0.1, 0.15) is 16.7 Å². The molecule has 0 saturated heterocycles. The number of aromatic hydroxyl groups is 2. The lowest BCUT2D eigenvalue weighted by Gasteiger charge is -2.00. The molecule has 0 bridgehead atoms. The first-order chi connectivity index (χ1) is 12.2. The van der Waals surface area contributed by atoms with Gasteiger partial charge in [0, 0.05) is 23.6 Å². The predicted molar refractivity (Wildman–Crippen MR) is 101 cm³/mol. The van der Waals surface area contributed by atoms with E-state index in [4.69, 9.17) is 0 Å². The number of benzene rings is 3. The molecule has 0 aromatic heterocycles. The molecular formula is C21H18N2O2. The second-order valence-corrected chi connectivity index (χ2v) is 5.51. The van der Waals surface area contributed by atoms with E-state index < -0.39 is 0 Å². The summed E-state index contributed by atoms with van der Waals surface area (Å²) in [5.74, 6) is 0.432. The SMILES string of the molecule is Oc1ccccc1C=NCc1ccc(N=Cc2ccccc2O)cc1. The first-order valence-electron chi connectivity index (χ1n) is 7.91. The van der Waals surface area contributed by atoms with Gasteiger partial charge in [-0.05, 0) is 42.0 Å². The van der Waals surface area contributed by atoms with E-state index in [1.54, 1.807) is 42.8 Å². The molecule has 0 aliphatic carbocycles. The van der Waals surface area contributed by atoms with Crippen molar-refractivity contribution in [3.05, 3.63) is 89.5 Å². The molecule has 3 aromatic rings. The summed E-state index contributed by atoms with van der Waals surface area (Å²) in [6, 6.07) is 21.9. The van der Waals surface area contributed by atoms with Crippen LogP contribution in [0.2, 0.25) is 0 Å². The maximum Gasteiger partial charge on any atom is 0.124 e. The van der Waals surface area contributed by atoms with Crippen LogP contribution in [-0.2, 0) is 6.54 Å². The Kier molecular flexibility index (Phi) is 5.22. The van der Waals surface area contributed by atoms with Crippen LogP contribution in [0.3, 0.4) is 0 Å². The third-order valence-corrected chi connectivity index (χ3v) is 3.67. The fourth-order valence-electron chi connectivity index (χ4n) is 2.27. The van der Waals surface area contributed by atoms with Gasteiger partial charge in [-0.1, -0.05) is 36.4 Å². The monoisotopic (exact) mass is 330 g/mol. The van der Waals surface area contributed by atoms with Gasteiger partial charge < -0.3 is 10.2 Å². The van der Waals surface area contributed by atoms with E-state index >= 15 is 0 Å². The Hall–Kier alpha value is -3.40. The van der Waals surface area contributed by atoms with Crippen LogP contribution in [0.25, 0.3) is 0 Å². The first-order valence-corrected chi connectivity index (χ1v) is 7.91. The van der Waals surface area contributed by atoms with Gasteiger partial charge in [-0.3, -0.25) is 9.98 Å². The fraction of sp³-hybridized carbons (Fsp3) is 0.0476. The summed E-state index contributed by atoms with van der Waals surface area (Å²) in [7, 11) is 0. The second kappa shape index (κ2) is 7.93. The van der Waals surface area contributed by atoms with Gasteiger partial charge in [-0.2, -0.15) is 0 Å². The number of nitrogens with zero attached hydrogens (tertiary/aromatic N) is 2. The van der Waals surface area contributed by atoms with Gasteiger partial charge >= 0.3 is 0 Å². The van der Waals surface area contributed by atoms with E-state index in [1.807, 2.05) is 42.5 Å². The van der Waals surface area contributed by atoms with Crippen LogP contribution in [0, 0.1) is 0 Å². The Morgan fingerprint density at radius 3 is 1.84 bits per heavy atom. The molecule has 0 heterocycles. The van der Waals surface area contributed by atoms with Crippen molar-refractivity contribution in [2.75, 3.05) is 0 Å². The Bertz CT molecular complexity index is 900. The summed E-state index contributed by atoms with van der Waals surface area (Å²) in [5.41, 5.74) is 3.23. The lowest BCUT2D eigenvalue weighted by Crippen LogP contribution is -1.85. The van der Waals surface area contributed by atoms with Crippen LogP contribution >= 0.6 is 0 Å². The van der Waals surface area contributed by atoms with E-state index in [2.05, 4.69) is 9.98 Å². The Balaban J connectivity index is 1.63. The third kappa shape index (κ3) is 4.54. The van der Waals surface area contributed by atoms with Crippen molar-refractivity contribution in [3.63, 3.8) is 0 Å². The quantitative estimate of drug-likeness (QED) is 0.678. The normalized spacial score (nSPS) is 11.4. The van der Waals surface area contributed by atoms with Crippen molar-refractivity contribution in [2.45, 2.75) is 6.54 Å². The Labute approximate surface area is 146 Å². The summed E-state index contributed by atoms with van der Waals surface area (Å²) < 4.78 is 0. The summed E-state index contributed by atoms with van der Waals surface area (Å²) in [6.45, 7) is 0.526. The molecule has 4 heteroatoms. The highest BCUT2D eigenvalue weighted by atomic mass is 16.3. The van der Waals surface area contributed by atoms with Gasteiger partial charge in [-0.25, -0.2) is 0 Å². The van der Waals surface area contributed by atoms with Crippen LogP contribution in [-0.4, -0.2) is 22.6 Å². The van der Waals surface area contributed by atoms with E-state index in [-0.39, 0.29) is 11.5 Å². The van der Waals surface area contributed by atoms with E-state index in [9.17, 15) is 10.2 Å². The lowest BCUT2D eigenvalue weighted by atomic mass is 10.2. The number of aliphatic imine (C=N–C) groups is 2. The molecule has 2 N–H and O–H groups in total. The molecule has 0 atom stereocenters. The molecule has 0 aliphatic heterocycles. The fourth-order valence-corrected chi connectivity index (χ4v) is 2.27. The molecule has 4 nitrogen and oxygen atoms in total. The Morgan fingerprint density at radius 1 is 0.680 bits per heavy atom. The second-order valence-electron chi connectivity index (χ2n) is 5.51. The minimum absolute atomic E-state index is 0.210. The van der Waals surface area contributed by atoms with Gasteiger partial charge in [0.2, 0.25) is 0 Å². The summed E-state index contributed by atoms with van der Waals surface area (Å²) in [6.07, 6.45) is 3.31. The first kappa shape index (κ1) is 16.5. The standard InChI is InChI=1S/C21H18N2O2/c24-20-7-3-1-5-17(20)14-22-13-16-9-11-19(12-10-16)23-15-18-6-2-4-8-21(18)25/h1-12,14-15,24-25H,13H2. The molecule has 0 unspecified atom stereocenters. The molecule has 0 spiro atoms. The smallest absolute Gasteiger partial charge is 0.124 e. The molecule has 0 radical (unpaired) electrons. The van der Waals surface area contributed by atoms with Crippen molar-refractivity contribution < 1.29 is 10.2 Å². The van der Waals surface area contributed by atoms with Crippen LogP contribution in [0.15, 0.2) is 82.8 Å². The zero-order chi connectivity index (χ0) is 17.5. The lowest BCUT2D eigenvalue weighted by molar-refractivity contribution is 0.474. The molecule has 25 heavy (non-hydrogen) atoms. The molecular weight excluding hydrogens is 312 g/mol. The van der Waals surface area contributed by atoms with Crippen LogP contribution in [0.4, 0.5) is 5.69 Å². The van der Waals surface area contributed by atoms with E-state index in [1.165, 1.54) is 0 Å². The zero-order valence-corrected chi connectivity index (χ0v) is 13.6. The number of phenols is 2. The summed E-state index contributed by atoms with van der Waals surface area (Å²) >= 11 is 0. The van der Waals surface area contributed by atoms with Gasteiger partial charge in [0.25, 0.3) is 0 Å². The highest BCUT2D eigenvalue weighted by molar-refractivity contribution is 5.85. The minimum atomic E-state index is 0.210. The van der Waals surface area contributed by atoms with Crippen molar-refractivity contribution in [1.82, 2.24) is 0 Å². The van der Waals surface area contributed by atoms with Gasteiger partial charge in [0.05, 0.1) is 12.2 Å². The van der Waals surface area contributed by atoms with Crippen molar-refractivity contribution in [1.29, 1.82) is 0 Å². The number of hydrogen-bond donors (Lipinski definition) is 2. The van der Waals surface area contributed by atoms with Gasteiger partial charge in [0.1, 0.15) is 11.5 Å². The van der Waals surface area contributed by atoms with E-state index in [0.717, 1.165) is 11.3 Å². The predicted octanol–water partition coefficient (Wildman–Crippen LogP) is 4.47. The molecule has 0 aliphatic rings. The molecule has 124 valence electrons. The molecule has 0 amide bonds. The maximum absolute atomic E-state index is 9.72. The third-order valence-electron chi connectivity index (χ3n) is 3.67. The van der Waals surface area contributed by atoms with Crippen molar-refractivity contribution >= 4 is 18.1 Å². The summed E-state index contributed by atoms with van der Waals surface area (Å²) in [4.78, 5) is 8.71. The molecule has 3 rings (SSSR count). The average Bonchev–Trinajstić information content (AvgIpc) is 2.64. The number of phenolic OH excluding ortho intramolecular Hbond substituents is 2. The summed E-state index contributed by atoms with van der Waals surface area (Å²) in [5, 5.41) is 19.4. The van der Waals surface area contributed by atoms with E-state index in [0.29, 0.717) is 17.7 Å². The number of para-hydroxylation sites is 2. The maximum atomic E-state index is 9.72. The highest BCUT2D eigenvalue weighted by Gasteiger charge is 1.97. The minimum Gasteiger partial charge on any atom is -0.507 e. The molecule has 3 aromatic carbocycles. The van der Waals surface area contributed by atoms with Crippen LogP contribution < -0.4 is 0 Å². The molecule has 0 saturated carbocycles. The van der Waals surface area contributed by atoms with Crippen molar-refractivity contribution in [3.8, 4) is 11.5 Å². The van der Waals surface area contributed by atoms with Crippen LogP contribution in [0.5, 0.6) is 11.5 Å². The van der Waals surface area contributed by atoms with Crippen molar-refractivity contribution in [2.24, 2.45) is 9.98 Å². The average molecular weight is 330 g/mol. The zero-order valence-electron chi connectivity index (χ0n) is 13.6. The number of hydrogen-bond acceptors (Lipinski definition) is 4. The molecule has 0 fully saturated rings. The number of rotatable bonds is 5. The Morgan fingerprint density at radius 2 is 1.24 bits per heavy atom. The largest absolute Gasteiger partial charge is 0.507 e. The van der Waals surface area contributed by atoms with Gasteiger partial charge in [0.15, 0.2) is 0 Å². The highest BCUT2D eigenvalue weighted by Crippen LogP contribution is 2.17.